The monoisotopic (exact) mass is 462 g/mol. The molecule has 176 valence electrons. The van der Waals surface area contributed by atoms with Crippen LogP contribution in [0.3, 0.4) is 0 Å². The van der Waals surface area contributed by atoms with Crippen molar-refractivity contribution in [1.29, 1.82) is 0 Å². The number of hydrogen-bond acceptors (Lipinski definition) is 5. The van der Waals surface area contributed by atoms with Gasteiger partial charge in [0.1, 0.15) is 23.9 Å². The molecule has 7 heteroatoms. The number of nitrogens with one attached hydrogen (secondary N) is 1. The summed E-state index contributed by atoms with van der Waals surface area (Å²) in [6, 6.07) is 12.9. The zero-order valence-corrected chi connectivity index (χ0v) is 19.9. The maximum Gasteiger partial charge on any atom is 0.273 e. The number of rotatable bonds is 6. The highest BCUT2D eigenvalue weighted by Crippen LogP contribution is 2.43. The summed E-state index contributed by atoms with van der Waals surface area (Å²) in [4.78, 5) is 10.8. The number of aryl methyl sites for hydroxylation is 1. The van der Waals surface area contributed by atoms with Crippen molar-refractivity contribution < 1.29 is 18.8 Å². The van der Waals surface area contributed by atoms with E-state index in [1.165, 1.54) is 24.3 Å². The normalized spacial score (nSPS) is 14.0. The first kappa shape index (κ1) is 23.3. The van der Waals surface area contributed by atoms with Crippen molar-refractivity contribution in [3.63, 3.8) is 0 Å². The third-order valence-corrected chi connectivity index (χ3v) is 5.95. The van der Waals surface area contributed by atoms with Gasteiger partial charge < -0.3 is 14.8 Å². The lowest BCUT2D eigenvalue weighted by molar-refractivity contribution is -0.385. The van der Waals surface area contributed by atoms with Gasteiger partial charge in [0.2, 0.25) is 0 Å². The largest absolute Gasteiger partial charge is 0.496 e. The summed E-state index contributed by atoms with van der Waals surface area (Å²) in [6.45, 7) is 8.19. The third-order valence-electron chi connectivity index (χ3n) is 5.95. The van der Waals surface area contributed by atoms with Crippen LogP contribution in [0, 0.1) is 22.9 Å². The Morgan fingerprint density at radius 3 is 2.50 bits per heavy atom. The van der Waals surface area contributed by atoms with Gasteiger partial charge in [0, 0.05) is 28.4 Å². The minimum atomic E-state index is -0.446. The maximum atomic E-state index is 14.3. The molecule has 4 rings (SSSR count). The Balaban J connectivity index is 1.87. The number of anilines is 1. The van der Waals surface area contributed by atoms with Crippen LogP contribution in [0.25, 0.3) is 16.7 Å². The topological polar surface area (TPSA) is 73.6 Å². The Bertz CT molecular complexity index is 1310. The van der Waals surface area contributed by atoms with Gasteiger partial charge in [-0.05, 0) is 74.7 Å². The van der Waals surface area contributed by atoms with Crippen molar-refractivity contribution in [1.82, 2.24) is 0 Å². The van der Waals surface area contributed by atoms with Gasteiger partial charge in [0.15, 0.2) is 0 Å². The highest BCUT2D eigenvalue weighted by molar-refractivity contribution is 5.88. The van der Waals surface area contributed by atoms with Crippen LogP contribution in [0.2, 0.25) is 0 Å². The second-order valence-electron chi connectivity index (χ2n) is 9.03. The Morgan fingerprint density at radius 1 is 1.03 bits per heavy atom. The van der Waals surface area contributed by atoms with Gasteiger partial charge in [-0.15, -0.1) is 0 Å². The second kappa shape index (κ2) is 8.82. The number of allylic oxidation sites excluding steroid dienone is 1. The molecule has 0 unspecified atom stereocenters. The predicted molar refractivity (Wildman–Crippen MR) is 132 cm³/mol. The van der Waals surface area contributed by atoms with Crippen molar-refractivity contribution in [2.75, 3.05) is 12.4 Å². The summed E-state index contributed by atoms with van der Waals surface area (Å²) in [5.74, 6) is 0.594. The van der Waals surface area contributed by atoms with Gasteiger partial charge in [0.05, 0.1) is 23.6 Å². The number of nitro groups is 1. The summed E-state index contributed by atoms with van der Waals surface area (Å²) in [6.07, 6.45) is 2.14. The number of methoxy groups -OCH3 is 1. The fourth-order valence-electron chi connectivity index (χ4n) is 4.50. The van der Waals surface area contributed by atoms with Crippen molar-refractivity contribution in [2.24, 2.45) is 0 Å². The Kier molecular flexibility index (Phi) is 6.04. The number of non-ortho nitro benzene ring substituents is 1. The molecule has 1 heterocycles. The van der Waals surface area contributed by atoms with Crippen molar-refractivity contribution in [3.8, 4) is 22.6 Å². The first-order chi connectivity index (χ1) is 16.1. The zero-order valence-electron chi connectivity index (χ0n) is 19.9. The van der Waals surface area contributed by atoms with Crippen LogP contribution >= 0.6 is 0 Å². The fourth-order valence-corrected chi connectivity index (χ4v) is 4.50. The third kappa shape index (κ3) is 4.46. The van der Waals surface area contributed by atoms with Crippen molar-refractivity contribution in [2.45, 2.75) is 39.8 Å². The van der Waals surface area contributed by atoms with Crippen LogP contribution in [-0.4, -0.2) is 17.6 Å². The molecule has 0 atom stereocenters. The van der Waals surface area contributed by atoms with Gasteiger partial charge >= 0.3 is 0 Å². The van der Waals surface area contributed by atoms with E-state index in [2.05, 4.69) is 25.2 Å². The molecule has 34 heavy (non-hydrogen) atoms. The summed E-state index contributed by atoms with van der Waals surface area (Å²) in [5.41, 5.74) is 5.70. The molecule has 0 saturated carbocycles. The van der Waals surface area contributed by atoms with E-state index in [4.69, 9.17) is 9.47 Å². The minimum absolute atomic E-state index is 0.0396. The molecule has 0 aliphatic carbocycles. The lowest BCUT2D eigenvalue weighted by Gasteiger charge is -2.33. The van der Waals surface area contributed by atoms with E-state index in [-0.39, 0.29) is 23.7 Å². The number of nitro benzene ring substituents is 1. The highest BCUT2D eigenvalue weighted by Gasteiger charge is 2.27. The number of nitrogens with zero attached hydrogens (tertiary/aromatic N) is 1. The fraction of sp³-hybridized carbons (Fsp3) is 0.259. The number of fused-ring (bicyclic) bond motifs is 1. The number of hydrogen-bond donors (Lipinski definition) is 1. The summed E-state index contributed by atoms with van der Waals surface area (Å²) in [7, 11) is 1.55. The molecule has 6 nitrogen and oxygen atoms in total. The molecule has 1 aliphatic heterocycles. The quantitative estimate of drug-likeness (QED) is 0.318. The number of halogens is 1. The molecule has 0 saturated heterocycles. The summed E-state index contributed by atoms with van der Waals surface area (Å²) < 4.78 is 25.9. The molecule has 1 aliphatic rings. The standard InChI is InChI=1S/C27H27FN2O4/c1-16-6-8-19(30(31)32)13-25(16)34-15-22-20(21-12-18(28)7-11-24(21)33-5)9-10-23-26(22)17(2)14-27(3,4)29-23/h6-14,29H,15H2,1-5H3. The van der Waals surface area contributed by atoms with E-state index >= 15 is 0 Å². The van der Waals surface area contributed by atoms with Crippen LogP contribution in [0.1, 0.15) is 37.5 Å². The Labute approximate surface area is 198 Å². The van der Waals surface area contributed by atoms with Crippen LogP contribution in [0.15, 0.2) is 54.6 Å². The minimum Gasteiger partial charge on any atom is -0.496 e. The molecule has 3 aromatic rings. The van der Waals surface area contributed by atoms with Crippen LogP contribution < -0.4 is 14.8 Å². The molecular weight excluding hydrogens is 435 g/mol. The second-order valence-corrected chi connectivity index (χ2v) is 9.03. The molecular formula is C27H27FN2O4. The lowest BCUT2D eigenvalue weighted by Crippen LogP contribution is -2.32. The number of benzene rings is 3. The maximum absolute atomic E-state index is 14.3. The average Bonchev–Trinajstić information content (AvgIpc) is 2.77. The number of ether oxygens (including phenoxy) is 2. The molecule has 1 N–H and O–H groups in total. The average molecular weight is 463 g/mol. The van der Waals surface area contributed by atoms with E-state index in [9.17, 15) is 14.5 Å². The summed E-state index contributed by atoms with van der Waals surface area (Å²) >= 11 is 0. The Morgan fingerprint density at radius 2 is 1.79 bits per heavy atom. The van der Waals surface area contributed by atoms with Crippen LogP contribution in [0.4, 0.5) is 15.8 Å². The molecule has 0 radical (unpaired) electrons. The first-order valence-electron chi connectivity index (χ1n) is 11.0. The van der Waals surface area contributed by atoms with Crippen molar-refractivity contribution in [3.05, 3.63) is 87.2 Å². The lowest BCUT2D eigenvalue weighted by atomic mass is 9.85. The van der Waals surface area contributed by atoms with Gasteiger partial charge in [-0.3, -0.25) is 10.1 Å². The molecule has 0 spiro atoms. The predicted octanol–water partition coefficient (Wildman–Crippen LogP) is 6.90. The summed E-state index contributed by atoms with van der Waals surface area (Å²) in [5, 5.41) is 14.8. The van der Waals surface area contributed by atoms with Gasteiger partial charge in [0.25, 0.3) is 5.69 Å². The Hall–Kier alpha value is -3.87. The SMILES string of the molecule is COc1ccc(F)cc1-c1ccc2c(c1COc1cc([N+](=O)[O-])ccc1C)C(C)=CC(C)(C)N2. The smallest absolute Gasteiger partial charge is 0.273 e. The highest BCUT2D eigenvalue weighted by atomic mass is 19.1. The molecule has 0 aromatic heterocycles. The van der Waals surface area contributed by atoms with Gasteiger partial charge in [-0.25, -0.2) is 4.39 Å². The zero-order chi connectivity index (χ0) is 24.6. The molecule has 0 bridgehead atoms. The molecule has 3 aromatic carbocycles. The van der Waals surface area contributed by atoms with E-state index in [1.54, 1.807) is 19.2 Å². The van der Waals surface area contributed by atoms with Crippen LogP contribution in [-0.2, 0) is 6.61 Å². The van der Waals surface area contributed by atoms with E-state index in [0.717, 1.165) is 33.5 Å². The van der Waals surface area contributed by atoms with E-state index in [1.807, 2.05) is 26.0 Å². The molecule has 0 amide bonds. The van der Waals surface area contributed by atoms with E-state index < -0.39 is 4.92 Å². The van der Waals surface area contributed by atoms with Gasteiger partial charge in [-0.1, -0.05) is 12.1 Å². The van der Waals surface area contributed by atoms with Crippen molar-refractivity contribution >= 4 is 16.9 Å². The first-order valence-corrected chi connectivity index (χ1v) is 11.0. The van der Waals surface area contributed by atoms with E-state index in [0.29, 0.717) is 17.1 Å². The van der Waals surface area contributed by atoms with Crippen LogP contribution in [0.5, 0.6) is 11.5 Å². The van der Waals surface area contributed by atoms with Gasteiger partial charge in [-0.2, -0.15) is 0 Å². The molecule has 0 fully saturated rings.